The number of hydrogen-bond donors (Lipinski definition) is 1. The minimum absolute atomic E-state index is 0.00124. The molecule has 166 valence electrons. The highest BCUT2D eigenvalue weighted by molar-refractivity contribution is 6.08. The van der Waals surface area contributed by atoms with Gasteiger partial charge in [0.15, 0.2) is 0 Å². The van der Waals surface area contributed by atoms with Crippen molar-refractivity contribution in [1.82, 2.24) is 0 Å². The van der Waals surface area contributed by atoms with Crippen LogP contribution in [0.2, 0.25) is 0 Å². The van der Waals surface area contributed by atoms with Crippen molar-refractivity contribution >= 4 is 17.3 Å². The van der Waals surface area contributed by atoms with E-state index in [-0.39, 0.29) is 5.91 Å². The largest absolute Gasteiger partial charge is 0.493 e. The highest BCUT2D eigenvalue weighted by Gasteiger charge is 2.25. The topological polar surface area (TPSA) is 41.6 Å². The second kappa shape index (κ2) is 9.47. The van der Waals surface area contributed by atoms with E-state index in [1.54, 1.807) is 0 Å². The Hall–Kier alpha value is -3.27. The minimum Gasteiger partial charge on any atom is -0.493 e. The fourth-order valence-corrected chi connectivity index (χ4v) is 4.11. The summed E-state index contributed by atoms with van der Waals surface area (Å²) < 4.78 is 6.12. The third kappa shape index (κ3) is 4.50. The first-order valence-corrected chi connectivity index (χ1v) is 11.5. The summed E-state index contributed by atoms with van der Waals surface area (Å²) >= 11 is 0. The summed E-state index contributed by atoms with van der Waals surface area (Å²) in [5.74, 6) is 0.761. The highest BCUT2D eigenvalue weighted by Crippen LogP contribution is 2.35. The molecule has 1 aliphatic rings. The summed E-state index contributed by atoms with van der Waals surface area (Å²) in [4.78, 5) is 15.5. The Bertz CT molecular complexity index is 1120. The maximum absolute atomic E-state index is 13.6. The number of benzene rings is 3. The molecule has 1 heterocycles. The number of ether oxygens (including phenoxy) is 1. The standard InChI is InChI=1S/C28H32N2O2/c1-5-16-32-27-18-23(12-13-24(27)22-11-10-19(2)20(3)17-22)28(31)30-15-14-21(4)29-25-8-6-7-9-26(25)30/h6-13,17-18,21,29H,5,14-16H2,1-4H3/t21-/m1/s1. The van der Waals surface area contributed by atoms with Crippen molar-refractivity contribution in [3.63, 3.8) is 0 Å². The van der Waals surface area contributed by atoms with Crippen LogP contribution >= 0.6 is 0 Å². The zero-order valence-electron chi connectivity index (χ0n) is 19.4. The molecular weight excluding hydrogens is 396 g/mol. The van der Waals surface area contributed by atoms with E-state index in [9.17, 15) is 4.79 Å². The van der Waals surface area contributed by atoms with Gasteiger partial charge in [-0.2, -0.15) is 0 Å². The number of anilines is 2. The van der Waals surface area contributed by atoms with Crippen LogP contribution in [0.25, 0.3) is 11.1 Å². The number of fused-ring (bicyclic) bond motifs is 1. The van der Waals surface area contributed by atoms with Crippen LogP contribution < -0.4 is 15.0 Å². The molecule has 0 aliphatic carbocycles. The quantitative estimate of drug-likeness (QED) is 0.497. The number of carbonyl (C=O) groups is 1. The fourth-order valence-electron chi connectivity index (χ4n) is 4.11. The van der Waals surface area contributed by atoms with Crippen LogP contribution in [0, 0.1) is 13.8 Å². The molecule has 4 heteroatoms. The smallest absolute Gasteiger partial charge is 0.258 e. The molecule has 32 heavy (non-hydrogen) atoms. The van der Waals surface area contributed by atoms with E-state index < -0.39 is 0 Å². The summed E-state index contributed by atoms with van der Waals surface area (Å²) in [5.41, 5.74) is 7.20. The number of carbonyl (C=O) groups excluding carboxylic acids is 1. The van der Waals surface area contributed by atoms with E-state index in [0.717, 1.165) is 41.1 Å². The Labute approximate surface area is 191 Å². The zero-order chi connectivity index (χ0) is 22.7. The van der Waals surface area contributed by atoms with Crippen molar-refractivity contribution in [3.8, 4) is 16.9 Å². The van der Waals surface area contributed by atoms with Gasteiger partial charge in [-0.05, 0) is 80.6 Å². The lowest BCUT2D eigenvalue weighted by Gasteiger charge is -2.23. The third-order valence-electron chi connectivity index (χ3n) is 6.14. The van der Waals surface area contributed by atoms with E-state index in [4.69, 9.17) is 4.74 Å². The third-order valence-corrected chi connectivity index (χ3v) is 6.14. The van der Waals surface area contributed by atoms with E-state index in [1.807, 2.05) is 47.4 Å². The second-order valence-electron chi connectivity index (χ2n) is 8.67. The molecule has 0 saturated heterocycles. The summed E-state index contributed by atoms with van der Waals surface area (Å²) in [6, 6.07) is 20.6. The lowest BCUT2D eigenvalue weighted by molar-refractivity contribution is 0.0986. The van der Waals surface area contributed by atoms with Gasteiger partial charge in [0.1, 0.15) is 5.75 Å². The lowest BCUT2D eigenvalue weighted by Crippen LogP contribution is -2.32. The molecule has 0 bridgehead atoms. The van der Waals surface area contributed by atoms with Gasteiger partial charge in [0, 0.05) is 23.7 Å². The lowest BCUT2D eigenvalue weighted by atomic mass is 9.98. The van der Waals surface area contributed by atoms with Gasteiger partial charge < -0.3 is 15.0 Å². The molecule has 1 N–H and O–H groups in total. The maximum Gasteiger partial charge on any atom is 0.258 e. The van der Waals surface area contributed by atoms with Gasteiger partial charge in [-0.1, -0.05) is 37.3 Å². The Morgan fingerprint density at radius 2 is 1.88 bits per heavy atom. The summed E-state index contributed by atoms with van der Waals surface area (Å²) in [5, 5.41) is 3.52. The van der Waals surface area contributed by atoms with Crippen LogP contribution in [0.15, 0.2) is 60.7 Å². The van der Waals surface area contributed by atoms with E-state index >= 15 is 0 Å². The van der Waals surface area contributed by atoms with E-state index in [1.165, 1.54) is 11.1 Å². The number of nitrogens with zero attached hydrogens (tertiary/aromatic N) is 1. The van der Waals surface area contributed by atoms with Crippen molar-refractivity contribution in [2.75, 3.05) is 23.4 Å². The van der Waals surface area contributed by atoms with Crippen LogP contribution in [-0.2, 0) is 0 Å². The first-order chi connectivity index (χ1) is 15.5. The SMILES string of the molecule is CCCOc1cc(C(=O)N2CC[C@@H](C)Nc3ccccc32)ccc1-c1ccc(C)c(C)c1. The van der Waals surface area contributed by atoms with Gasteiger partial charge in [0.25, 0.3) is 5.91 Å². The number of amides is 1. The van der Waals surface area contributed by atoms with Crippen molar-refractivity contribution in [2.45, 2.75) is 46.6 Å². The van der Waals surface area contributed by atoms with Crippen molar-refractivity contribution in [1.29, 1.82) is 0 Å². The average Bonchev–Trinajstić information content (AvgIpc) is 2.97. The Kier molecular flexibility index (Phi) is 6.50. The summed E-state index contributed by atoms with van der Waals surface area (Å²) in [6.07, 6.45) is 1.80. The van der Waals surface area contributed by atoms with Crippen molar-refractivity contribution in [2.24, 2.45) is 0 Å². The van der Waals surface area contributed by atoms with Gasteiger partial charge in [-0.15, -0.1) is 0 Å². The normalized spacial score (nSPS) is 15.5. The fraction of sp³-hybridized carbons (Fsp3) is 0.321. The predicted octanol–water partition coefficient (Wildman–Crippen LogP) is 6.61. The molecule has 0 unspecified atom stereocenters. The molecule has 4 rings (SSSR count). The summed E-state index contributed by atoms with van der Waals surface area (Å²) in [7, 11) is 0. The minimum atomic E-state index is 0.00124. The van der Waals surface area contributed by atoms with Gasteiger partial charge in [-0.25, -0.2) is 0 Å². The van der Waals surface area contributed by atoms with E-state index in [2.05, 4.69) is 51.2 Å². The number of rotatable bonds is 5. The molecule has 4 nitrogen and oxygen atoms in total. The number of para-hydroxylation sites is 2. The molecule has 3 aromatic rings. The van der Waals surface area contributed by atoms with Gasteiger partial charge in [0.2, 0.25) is 0 Å². The highest BCUT2D eigenvalue weighted by atomic mass is 16.5. The van der Waals surface area contributed by atoms with Gasteiger partial charge >= 0.3 is 0 Å². The molecule has 1 aliphatic heterocycles. The van der Waals surface area contributed by atoms with Crippen LogP contribution in [0.4, 0.5) is 11.4 Å². The molecule has 0 aromatic heterocycles. The van der Waals surface area contributed by atoms with Crippen molar-refractivity contribution < 1.29 is 9.53 Å². The number of nitrogens with one attached hydrogen (secondary N) is 1. The Morgan fingerprint density at radius 3 is 2.66 bits per heavy atom. The molecule has 0 radical (unpaired) electrons. The maximum atomic E-state index is 13.6. The second-order valence-corrected chi connectivity index (χ2v) is 8.67. The zero-order valence-corrected chi connectivity index (χ0v) is 19.4. The van der Waals surface area contributed by atoms with Gasteiger partial charge in [0.05, 0.1) is 18.0 Å². The monoisotopic (exact) mass is 428 g/mol. The Morgan fingerprint density at radius 1 is 1.06 bits per heavy atom. The number of hydrogen-bond acceptors (Lipinski definition) is 3. The first kappa shape index (κ1) is 21.9. The molecular formula is C28H32N2O2. The molecule has 1 atom stereocenters. The van der Waals surface area contributed by atoms with Gasteiger partial charge in [-0.3, -0.25) is 4.79 Å². The van der Waals surface area contributed by atoms with Crippen molar-refractivity contribution in [3.05, 3.63) is 77.4 Å². The summed E-state index contributed by atoms with van der Waals surface area (Å²) in [6.45, 7) is 9.77. The van der Waals surface area contributed by atoms with Crippen LogP contribution in [-0.4, -0.2) is 25.1 Å². The molecule has 1 amide bonds. The molecule has 0 spiro atoms. The van der Waals surface area contributed by atoms with E-state index in [0.29, 0.717) is 24.8 Å². The predicted molar refractivity (Wildman–Crippen MR) is 133 cm³/mol. The van der Waals surface area contributed by atoms with Crippen LogP contribution in [0.5, 0.6) is 5.75 Å². The molecule has 3 aromatic carbocycles. The van der Waals surface area contributed by atoms with Crippen LogP contribution in [0.3, 0.4) is 0 Å². The van der Waals surface area contributed by atoms with Crippen LogP contribution in [0.1, 0.15) is 48.2 Å². The molecule has 0 saturated carbocycles. The Balaban J connectivity index is 1.72. The first-order valence-electron chi connectivity index (χ1n) is 11.5. The average molecular weight is 429 g/mol. The molecule has 0 fully saturated rings. The number of aryl methyl sites for hydroxylation is 2.